The van der Waals surface area contributed by atoms with Gasteiger partial charge in [0.2, 0.25) is 0 Å². The van der Waals surface area contributed by atoms with Gasteiger partial charge < -0.3 is 0 Å². The molecule has 1 heterocycles. The van der Waals surface area contributed by atoms with Crippen molar-refractivity contribution in [3.8, 4) is 0 Å². The molecule has 2 heteroatoms. The van der Waals surface area contributed by atoms with Gasteiger partial charge >= 0.3 is 0 Å². The van der Waals surface area contributed by atoms with E-state index in [-0.39, 0.29) is 4.75 Å². The average Bonchev–Trinajstić information content (AvgIpc) is 2.54. The van der Waals surface area contributed by atoms with Gasteiger partial charge in [0.05, 0.1) is 10.8 Å². The molecule has 1 unspecified atom stereocenters. The van der Waals surface area contributed by atoms with Gasteiger partial charge in [-0.05, 0) is 38.8 Å². The summed E-state index contributed by atoms with van der Waals surface area (Å²) < 4.78 is 11.9. The van der Waals surface area contributed by atoms with E-state index in [1.807, 2.05) is 39.8 Å². The third-order valence-corrected chi connectivity index (χ3v) is 4.48. The highest BCUT2D eigenvalue weighted by Crippen LogP contribution is 2.35. The van der Waals surface area contributed by atoms with Crippen molar-refractivity contribution >= 4 is 10.8 Å². The SMILES string of the molecule is CC.CC.Cc1ccc2c(c1)CC(C)(C)S2=O. The fraction of sp³-hybridized carbons (Fsp3) is 0.600. The molecule has 98 valence electrons. The monoisotopic (exact) mass is 254 g/mol. The molecule has 0 aromatic heterocycles. The second kappa shape index (κ2) is 6.95. The molecule has 17 heavy (non-hydrogen) atoms. The number of hydrogen-bond acceptors (Lipinski definition) is 1. The van der Waals surface area contributed by atoms with Crippen LogP contribution in [-0.4, -0.2) is 8.96 Å². The van der Waals surface area contributed by atoms with Crippen LogP contribution in [0.4, 0.5) is 0 Å². The highest BCUT2D eigenvalue weighted by Gasteiger charge is 2.35. The van der Waals surface area contributed by atoms with E-state index in [4.69, 9.17) is 0 Å². The Hall–Kier alpha value is -0.630. The van der Waals surface area contributed by atoms with E-state index < -0.39 is 10.8 Å². The van der Waals surface area contributed by atoms with Crippen molar-refractivity contribution in [3.05, 3.63) is 29.3 Å². The van der Waals surface area contributed by atoms with Crippen molar-refractivity contribution in [3.63, 3.8) is 0 Å². The summed E-state index contributed by atoms with van der Waals surface area (Å²) in [6.07, 6.45) is 0.941. The second-order valence-corrected chi connectivity index (χ2v) is 6.40. The molecule has 1 aliphatic rings. The van der Waals surface area contributed by atoms with Crippen LogP contribution in [0.3, 0.4) is 0 Å². The molecule has 0 amide bonds. The van der Waals surface area contributed by atoms with Gasteiger partial charge in [-0.15, -0.1) is 0 Å². The topological polar surface area (TPSA) is 17.1 Å². The maximum atomic E-state index is 11.9. The van der Waals surface area contributed by atoms with Crippen LogP contribution < -0.4 is 0 Å². The van der Waals surface area contributed by atoms with Gasteiger partial charge in [-0.2, -0.15) is 0 Å². The molecule has 0 bridgehead atoms. The first-order valence-electron chi connectivity index (χ1n) is 6.52. The van der Waals surface area contributed by atoms with Crippen molar-refractivity contribution < 1.29 is 4.21 Å². The summed E-state index contributed by atoms with van der Waals surface area (Å²) in [6, 6.07) is 6.20. The van der Waals surface area contributed by atoms with E-state index in [0.717, 1.165) is 11.3 Å². The predicted molar refractivity (Wildman–Crippen MR) is 78.1 cm³/mol. The highest BCUT2D eigenvalue weighted by atomic mass is 32.2. The minimum Gasteiger partial charge on any atom is -0.254 e. The quantitative estimate of drug-likeness (QED) is 0.666. The zero-order valence-corrected chi connectivity index (χ0v) is 13.1. The van der Waals surface area contributed by atoms with Crippen LogP contribution in [0.5, 0.6) is 0 Å². The lowest BCUT2D eigenvalue weighted by molar-refractivity contribution is 0.640. The number of aryl methyl sites for hydroxylation is 1. The third-order valence-electron chi connectivity index (χ3n) is 2.53. The molecule has 2 rings (SSSR count). The van der Waals surface area contributed by atoms with Gasteiger partial charge in [0.1, 0.15) is 0 Å². The van der Waals surface area contributed by atoms with E-state index in [1.54, 1.807) is 0 Å². The maximum absolute atomic E-state index is 11.9. The third kappa shape index (κ3) is 3.67. The Bertz CT molecular complexity index is 381. The summed E-state index contributed by atoms with van der Waals surface area (Å²) in [5.41, 5.74) is 2.52. The lowest BCUT2D eigenvalue weighted by atomic mass is 10.0. The van der Waals surface area contributed by atoms with Crippen molar-refractivity contribution in [2.24, 2.45) is 0 Å². The number of benzene rings is 1. The molecule has 1 nitrogen and oxygen atoms in total. The van der Waals surface area contributed by atoms with E-state index in [0.29, 0.717) is 0 Å². The summed E-state index contributed by atoms with van der Waals surface area (Å²) in [7, 11) is -0.816. The zero-order chi connectivity index (χ0) is 13.6. The van der Waals surface area contributed by atoms with Crippen LogP contribution in [0.25, 0.3) is 0 Å². The average molecular weight is 254 g/mol. The van der Waals surface area contributed by atoms with Gasteiger partial charge in [-0.3, -0.25) is 4.21 Å². The van der Waals surface area contributed by atoms with Gasteiger partial charge in [-0.1, -0.05) is 45.4 Å². The van der Waals surface area contributed by atoms with Crippen molar-refractivity contribution in [1.82, 2.24) is 0 Å². The van der Waals surface area contributed by atoms with Gasteiger partial charge in [0.25, 0.3) is 0 Å². The van der Waals surface area contributed by atoms with Crippen LogP contribution in [-0.2, 0) is 17.2 Å². The van der Waals surface area contributed by atoms with Crippen LogP contribution in [0.2, 0.25) is 0 Å². The second-order valence-electron chi connectivity index (χ2n) is 4.32. The van der Waals surface area contributed by atoms with E-state index in [1.165, 1.54) is 11.1 Å². The molecule has 0 saturated heterocycles. The molecule has 0 radical (unpaired) electrons. The van der Waals surface area contributed by atoms with Crippen LogP contribution in [0.1, 0.15) is 52.7 Å². The largest absolute Gasteiger partial charge is 0.254 e. The van der Waals surface area contributed by atoms with E-state index in [2.05, 4.69) is 26.8 Å². The number of rotatable bonds is 0. The fourth-order valence-electron chi connectivity index (χ4n) is 1.85. The van der Waals surface area contributed by atoms with Gasteiger partial charge in [0, 0.05) is 9.64 Å². The van der Waals surface area contributed by atoms with Gasteiger partial charge in [0.15, 0.2) is 0 Å². The van der Waals surface area contributed by atoms with E-state index >= 15 is 0 Å². The van der Waals surface area contributed by atoms with Crippen molar-refractivity contribution in [2.75, 3.05) is 0 Å². The Morgan fingerprint density at radius 1 is 1.12 bits per heavy atom. The Labute approximate surface area is 109 Å². The Balaban J connectivity index is 0.000000581. The lowest BCUT2D eigenvalue weighted by Gasteiger charge is -2.13. The molecule has 1 aromatic rings. The molecule has 1 atom stereocenters. The van der Waals surface area contributed by atoms with Crippen molar-refractivity contribution in [1.29, 1.82) is 0 Å². The minimum atomic E-state index is -0.816. The van der Waals surface area contributed by atoms with E-state index in [9.17, 15) is 4.21 Å². The van der Waals surface area contributed by atoms with Gasteiger partial charge in [-0.25, -0.2) is 0 Å². The molecular formula is C15H26OS. The standard InChI is InChI=1S/C11H14OS.2C2H6/c1-8-4-5-10-9(6-8)7-11(2,3)13(10)12;2*1-2/h4-6H,7H2,1-3H3;2*1-2H3. The predicted octanol–water partition coefficient (Wildman–Crippen LogP) is 4.49. The first-order valence-corrected chi connectivity index (χ1v) is 7.67. The molecule has 0 fully saturated rings. The van der Waals surface area contributed by atoms with Crippen molar-refractivity contribution in [2.45, 2.75) is 64.5 Å². The lowest BCUT2D eigenvalue weighted by Crippen LogP contribution is -2.22. The molecule has 0 saturated carbocycles. The minimum absolute atomic E-state index is 0.0733. The molecule has 1 aliphatic heterocycles. The summed E-state index contributed by atoms with van der Waals surface area (Å²) in [6.45, 7) is 14.2. The summed E-state index contributed by atoms with van der Waals surface area (Å²) in [4.78, 5) is 1.04. The van der Waals surface area contributed by atoms with Crippen LogP contribution in [0.15, 0.2) is 23.1 Å². The zero-order valence-electron chi connectivity index (χ0n) is 12.3. The highest BCUT2D eigenvalue weighted by molar-refractivity contribution is 7.86. The number of fused-ring (bicyclic) bond motifs is 1. The first-order chi connectivity index (χ1) is 8.00. The first kappa shape index (κ1) is 16.4. The molecule has 0 spiro atoms. The summed E-state index contributed by atoms with van der Waals surface area (Å²) >= 11 is 0. The Morgan fingerprint density at radius 2 is 1.65 bits per heavy atom. The Morgan fingerprint density at radius 3 is 2.18 bits per heavy atom. The molecule has 0 N–H and O–H groups in total. The maximum Gasteiger partial charge on any atom is 0.0592 e. The van der Waals surface area contributed by atoms with Crippen LogP contribution >= 0.6 is 0 Å². The molecule has 0 aliphatic carbocycles. The van der Waals surface area contributed by atoms with Crippen LogP contribution in [0, 0.1) is 6.92 Å². The molecular weight excluding hydrogens is 228 g/mol. The number of hydrogen-bond donors (Lipinski definition) is 0. The Kier molecular flexibility index (Phi) is 6.69. The normalized spacial score (nSPS) is 19.4. The fourth-order valence-corrected chi connectivity index (χ4v) is 3.29. The summed E-state index contributed by atoms with van der Waals surface area (Å²) in [5.74, 6) is 0. The smallest absolute Gasteiger partial charge is 0.0592 e. The molecule has 1 aromatic carbocycles. The summed E-state index contributed by atoms with van der Waals surface area (Å²) in [5, 5.41) is 0.